The molecule has 2 atom stereocenters. The monoisotopic (exact) mass is 322 g/mol. The maximum atomic E-state index is 13.0. The summed E-state index contributed by atoms with van der Waals surface area (Å²) in [6.07, 6.45) is 3.35. The van der Waals surface area contributed by atoms with Crippen molar-refractivity contribution in [2.75, 3.05) is 0 Å². The van der Waals surface area contributed by atoms with Gasteiger partial charge in [0.25, 0.3) is 5.56 Å². The first-order valence-corrected chi connectivity index (χ1v) is 8.85. The molecule has 1 fully saturated rings. The van der Waals surface area contributed by atoms with Crippen LogP contribution in [0.25, 0.3) is 10.2 Å². The van der Waals surface area contributed by atoms with E-state index in [9.17, 15) is 4.79 Å². The van der Waals surface area contributed by atoms with Crippen LogP contribution in [0, 0.1) is 30.5 Å². The molecule has 0 amide bonds. The quantitative estimate of drug-likeness (QED) is 0.770. The van der Waals surface area contributed by atoms with Gasteiger partial charge < -0.3 is 4.98 Å². The van der Waals surface area contributed by atoms with Gasteiger partial charge in [-0.05, 0) is 62.7 Å². The summed E-state index contributed by atoms with van der Waals surface area (Å²) in [6.45, 7) is 8.65. The molecule has 3 rings (SSSR count). The third-order valence-corrected chi connectivity index (χ3v) is 6.20. The summed E-state index contributed by atoms with van der Waals surface area (Å²) in [6, 6.07) is 0.240. The van der Waals surface area contributed by atoms with Gasteiger partial charge in [-0.1, -0.05) is 13.8 Å². The number of hydrogen-bond acceptors (Lipinski definition) is 3. The molecular formula is C16H22N2OS2. The third-order valence-electron chi connectivity index (χ3n) is 4.78. The molecule has 1 N–H and O–H groups in total. The lowest BCUT2D eigenvalue weighted by atomic mass is 9.80. The minimum absolute atomic E-state index is 0.0990. The van der Waals surface area contributed by atoms with Crippen LogP contribution in [0.1, 0.15) is 49.6 Å². The van der Waals surface area contributed by atoms with E-state index in [1.807, 2.05) is 11.5 Å². The molecule has 2 aromatic rings. The Morgan fingerprint density at radius 2 is 1.81 bits per heavy atom. The van der Waals surface area contributed by atoms with Gasteiger partial charge in [-0.25, -0.2) is 0 Å². The van der Waals surface area contributed by atoms with Gasteiger partial charge in [0.15, 0.2) is 4.77 Å². The molecule has 2 heterocycles. The lowest BCUT2D eigenvalue weighted by molar-refractivity contribution is 0.216. The molecule has 1 aliphatic carbocycles. The highest BCUT2D eigenvalue weighted by Crippen LogP contribution is 2.36. The summed E-state index contributed by atoms with van der Waals surface area (Å²) in [7, 11) is 0. The fraction of sp³-hybridized carbons (Fsp3) is 0.625. The second kappa shape index (κ2) is 5.36. The van der Waals surface area contributed by atoms with Crippen molar-refractivity contribution in [3.05, 3.63) is 25.6 Å². The zero-order valence-corrected chi connectivity index (χ0v) is 14.7. The van der Waals surface area contributed by atoms with Gasteiger partial charge in [0, 0.05) is 10.9 Å². The summed E-state index contributed by atoms with van der Waals surface area (Å²) in [5.74, 6) is 1.31. The van der Waals surface area contributed by atoms with E-state index in [-0.39, 0.29) is 11.6 Å². The molecule has 114 valence electrons. The van der Waals surface area contributed by atoms with Gasteiger partial charge in [-0.2, -0.15) is 0 Å². The molecule has 21 heavy (non-hydrogen) atoms. The van der Waals surface area contributed by atoms with Crippen molar-refractivity contribution < 1.29 is 0 Å². The molecular weight excluding hydrogens is 300 g/mol. The van der Waals surface area contributed by atoms with Crippen LogP contribution in [0.5, 0.6) is 0 Å². The Balaban J connectivity index is 2.21. The van der Waals surface area contributed by atoms with Crippen molar-refractivity contribution >= 4 is 33.8 Å². The number of nitrogens with one attached hydrogen (secondary N) is 1. The van der Waals surface area contributed by atoms with Gasteiger partial charge in [-0.3, -0.25) is 9.36 Å². The zero-order chi connectivity index (χ0) is 15.3. The summed E-state index contributed by atoms with van der Waals surface area (Å²) < 4.78 is 2.43. The normalized spacial score (nSPS) is 26.4. The van der Waals surface area contributed by atoms with E-state index in [2.05, 4.69) is 25.8 Å². The second-order valence-corrected chi connectivity index (χ2v) is 8.28. The average Bonchev–Trinajstić information content (AvgIpc) is 2.63. The molecule has 0 aliphatic heterocycles. The number of aromatic amines is 1. The van der Waals surface area contributed by atoms with E-state index < -0.39 is 0 Å². The van der Waals surface area contributed by atoms with E-state index in [1.54, 1.807) is 11.3 Å². The Bertz CT molecular complexity index is 789. The van der Waals surface area contributed by atoms with Gasteiger partial charge >= 0.3 is 0 Å². The highest BCUT2D eigenvalue weighted by Gasteiger charge is 2.27. The van der Waals surface area contributed by atoms with E-state index >= 15 is 0 Å². The number of hydrogen-bond donors (Lipinski definition) is 1. The van der Waals surface area contributed by atoms with Gasteiger partial charge in [0.2, 0.25) is 0 Å². The lowest BCUT2D eigenvalue weighted by Gasteiger charge is -2.32. The van der Waals surface area contributed by atoms with Crippen LogP contribution in [-0.2, 0) is 0 Å². The van der Waals surface area contributed by atoms with Crippen molar-refractivity contribution in [3.8, 4) is 0 Å². The Kier molecular flexibility index (Phi) is 3.82. The average molecular weight is 322 g/mol. The van der Waals surface area contributed by atoms with E-state index in [0.29, 0.717) is 16.6 Å². The van der Waals surface area contributed by atoms with E-state index in [0.717, 1.165) is 28.6 Å². The Morgan fingerprint density at radius 1 is 1.19 bits per heavy atom. The molecule has 3 nitrogen and oxygen atoms in total. The fourth-order valence-electron chi connectivity index (χ4n) is 3.79. The summed E-state index contributed by atoms with van der Waals surface area (Å²) in [5.41, 5.74) is 1.19. The van der Waals surface area contributed by atoms with Crippen molar-refractivity contribution in [3.63, 3.8) is 0 Å². The smallest absolute Gasteiger partial charge is 0.263 e. The number of aryl methyl sites for hydroxylation is 2. The highest BCUT2D eigenvalue weighted by molar-refractivity contribution is 7.71. The van der Waals surface area contributed by atoms with Crippen molar-refractivity contribution in [2.45, 2.75) is 53.0 Å². The van der Waals surface area contributed by atoms with E-state index in [1.165, 1.54) is 11.3 Å². The molecule has 0 aromatic carbocycles. The Hall–Kier alpha value is -0.940. The zero-order valence-electron chi connectivity index (χ0n) is 13.0. The molecule has 1 saturated carbocycles. The molecule has 5 heteroatoms. The first-order valence-electron chi connectivity index (χ1n) is 7.63. The first kappa shape index (κ1) is 15.0. The van der Waals surface area contributed by atoms with Crippen LogP contribution in [0.2, 0.25) is 0 Å². The Labute approximate surface area is 134 Å². The largest absolute Gasteiger partial charge is 0.323 e. The van der Waals surface area contributed by atoms with Gasteiger partial charge in [-0.15, -0.1) is 11.3 Å². The van der Waals surface area contributed by atoms with Crippen molar-refractivity contribution in [2.24, 2.45) is 11.8 Å². The van der Waals surface area contributed by atoms with Crippen LogP contribution >= 0.6 is 23.6 Å². The maximum Gasteiger partial charge on any atom is 0.263 e. The maximum absolute atomic E-state index is 13.0. The number of fused-ring (bicyclic) bond motifs is 1. The van der Waals surface area contributed by atoms with Crippen molar-refractivity contribution in [1.29, 1.82) is 0 Å². The van der Waals surface area contributed by atoms with Crippen molar-refractivity contribution in [1.82, 2.24) is 9.55 Å². The molecule has 1 aliphatic rings. The molecule has 0 bridgehead atoms. The molecule has 2 unspecified atom stereocenters. The number of nitrogens with zero attached hydrogens (tertiary/aromatic N) is 1. The topological polar surface area (TPSA) is 37.8 Å². The number of aromatic nitrogens is 2. The van der Waals surface area contributed by atoms with Crippen LogP contribution in [-0.4, -0.2) is 9.55 Å². The minimum atomic E-state index is 0.0990. The lowest BCUT2D eigenvalue weighted by Crippen LogP contribution is -2.31. The highest BCUT2D eigenvalue weighted by atomic mass is 32.1. The summed E-state index contributed by atoms with van der Waals surface area (Å²) in [4.78, 5) is 18.4. The SMILES string of the molecule is Cc1sc2[nH]c(=S)n(C3CC(C)CC(C)C3)c(=O)c2c1C. The third kappa shape index (κ3) is 2.50. The summed E-state index contributed by atoms with van der Waals surface area (Å²) in [5, 5.41) is 0.831. The van der Waals surface area contributed by atoms with Crippen LogP contribution in [0.15, 0.2) is 4.79 Å². The predicted octanol–water partition coefficient (Wildman–Crippen LogP) is 4.73. The standard InChI is InChI=1S/C16H22N2OS2/c1-8-5-9(2)7-12(6-8)18-15(19)13-10(3)11(4)21-14(13)17-16(18)20/h8-9,12H,5-7H2,1-4H3,(H,17,20). The van der Waals surface area contributed by atoms with E-state index in [4.69, 9.17) is 12.2 Å². The molecule has 0 radical (unpaired) electrons. The van der Waals surface area contributed by atoms with Crippen LogP contribution in [0.4, 0.5) is 0 Å². The molecule has 2 aromatic heterocycles. The van der Waals surface area contributed by atoms with Crippen LogP contribution in [0.3, 0.4) is 0 Å². The van der Waals surface area contributed by atoms with Crippen LogP contribution < -0.4 is 5.56 Å². The minimum Gasteiger partial charge on any atom is -0.323 e. The number of thiophene rings is 1. The molecule has 0 saturated heterocycles. The number of rotatable bonds is 1. The predicted molar refractivity (Wildman–Crippen MR) is 92.0 cm³/mol. The van der Waals surface area contributed by atoms with Gasteiger partial charge in [0.1, 0.15) is 4.83 Å². The van der Waals surface area contributed by atoms with Gasteiger partial charge in [0.05, 0.1) is 5.39 Å². The Morgan fingerprint density at radius 3 is 2.43 bits per heavy atom. The summed E-state index contributed by atoms with van der Waals surface area (Å²) >= 11 is 7.12. The fourth-order valence-corrected chi connectivity index (χ4v) is 5.24. The molecule has 0 spiro atoms. The first-order chi connectivity index (χ1) is 9.88. The number of H-pyrrole nitrogens is 1. The second-order valence-electron chi connectivity index (χ2n) is 6.66.